The van der Waals surface area contributed by atoms with Crippen LogP contribution in [-0.2, 0) is 11.3 Å². The van der Waals surface area contributed by atoms with Crippen molar-refractivity contribution >= 4 is 11.6 Å². The van der Waals surface area contributed by atoms with Crippen molar-refractivity contribution in [2.75, 3.05) is 11.9 Å². The van der Waals surface area contributed by atoms with E-state index >= 15 is 0 Å². The molecule has 1 aromatic heterocycles. The minimum absolute atomic E-state index is 0.0642. The third-order valence-corrected chi connectivity index (χ3v) is 1.79. The van der Waals surface area contributed by atoms with Gasteiger partial charge in [0.25, 0.3) is 5.56 Å². The molecule has 5 nitrogen and oxygen atoms in total. The molecule has 1 heterocycles. The van der Waals surface area contributed by atoms with Gasteiger partial charge < -0.3 is 15.6 Å². The van der Waals surface area contributed by atoms with Gasteiger partial charge >= 0.3 is 0 Å². The van der Waals surface area contributed by atoms with Crippen molar-refractivity contribution in [2.24, 2.45) is 5.73 Å². The van der Waals surface area contributed by atoms with Crippen LogP contribution in [0.1, 0.15) is 6.92 Å². The van der Waals surface area contributed by atoms with Gasteiger partial charge in [0, 0.05) is 18.8 Å². The summed E-state index contributed by atoms with van der Waals surface area (Å²) in [7, 11) is 0. The zero-order chi connectivity index (χ0) is 10.6. The molecule has 0 spiro atoms. The molecule has 1 rings (SSSR count). The normalized spacial score (nSPS) is 9.86. The molecular weight excluding hydrogens is 182 g/mol. The Kier molecular flexibility index (Phi) is 3.41. The lowest BCUT2D eigenvalue weighted by molar-refractivity contribution is -0.114. The van der Waals surface area contributed by atoms with Crippen molar-refractivity contribution in [3.05, 3.63) is 28.7 Å². The monoisotopic (exact) mass is 195 g/mol. The average molecular weight is 195 g/mol. The molecule has 0 fully saturated rings. The molecule has 0 atom stereocenters. The van der Waals surface area contributed by atoms with Gasteiger partial charge in [0.15, 0.2) is 0 Å². The van der Waals surface area contributed by atoms with Crippen LogP contribution in [0.3, 0.4) is 0 Å². The van der Waals surface area contributed by atoms with Gasteiger partial charge in [0.05, 0.1) is 12.2 Å². The van der Waals surface area contributed by atoms with E-state index in [0.29, 0.717) is 12.2 Å². The van der Waals surface area contributed by atoms with Crippen molar-refractivity contribution in [2.45, 2.75) is 13.5 Å². The van der Waals surface area contributed by atoms with Gasteiger partial charge in [-0.05, 0) is 13.0 Å². The fraction of sp³-hybridized carbons (Fsp3) is 0.333. The largest absolute Gasteiger partial charge is 0.324 e. The number of hydrogen-bond acceptors (Lipinski definition) is 3. The number of pyridine rings is 1. The first kappa shape index (κ1) is 10.5. The number of nitrogens with zero attached hydrogens (tertiary/aromatic N) is 1. The summed E-state index contributed by atoms with van der Waals surface area (Å²) in [5.41, 5.74) is 5.64. The molecule has 0 aliphatic rings. The van der Waals surface area contributed by atoms with E-state index in [1.807, 2.05) is 6.92 Å². The zero-order valence-electron chi connectivity index (χ0n) is 7.99. The van der Waals surface area contributed by atoms with E-state index in [1.165, 1.54) is 10.6 Å². The second-order valence-corrected chi connectivity index (χ2v) is 2.79. The van der Waals surface area contributed by atoms with E-state index in [0.717, 1.165) is 0 Å². The van der Waals surface area contributed by atoms with Crippen LogP contribution in [0.5, 0.6) is 0 Å². The van der Waals surface area contributed by atoms with Crippen LogP contribution in [0.4, 0.5) is 5.69 Å². The first-order chi connectivity index (χ1) is 6.67. The Labute approximate surface area is 81.5 Å². The molecule has 0 aliphatic heterocycles. The lowest BCUT2D eigenvalue weighted by atomic mass is 10.4. The minimum Gasteiger partial charge on any atom is -0.324 e. The van der Waals surface area contributed by atoms with E-state index in [2.05, 4.69) is 5.32 Å². The number of carbonyl (C=O) groups is 1. The zero-order valence-corrected chi connectivity index (χ0v) is 7.99. The minimum atomic E-state index is -0.272. The summed E-state index contributed by atoms with van der Waals surface area (Å²) >= 11 is 0. The first-order valence-corrected chi connectivity index (χ1v) is 4.37. The van der Waals surface area contributed by atoms with Crippen LogP contribution >= 0.6 is 0 Å². The maximum absolute atomic E-state index is 11.2. The van der Waals surface area contributed by atoms with Gasteiger partial charge in [0.1, 0.15) is 0 Å². The fourth-order valence-electron chi connectivity index (χ4n) is 1.06. The Balaban J connectivity index is 2.90. The Morgan fingerprint density at radius 3 is 2.86 bits per heavy atom. The smallest absolute Gasteiger partial charge is 0.250 e. The molecule has 3 N–H and O–H groups in total. The average Bonchev–Trinajstić information content (AvgIpc) is 2.20. The molecule has 0 saturated heterocycles. The van der Waals surface area contributed by atoms with E-state index in [1.54, 1.807) is 12.3 Å². The number of anilines is 1. The van der Waals surface area contributed by atoms with Gasteiger partial charge in [-0.2, -0.15) is 0 Å². The van der Waals surface area contributed by atoms with Crippen molar-refractivity contribution < 1.29 is 4.79 Å². The van der Waals surface area contributed by atoms with Gasteiger partial charge in [-0.1, -0.05) is 0 Å². The van der Waals surface area contributed by atoms with Gasteiger partial charge in [-0.15, -0.1) is 0 Å². The fourth-order valence-corrected chi connectivity index (χ4v) is 1.06. The molecule has 76 valence electrons. The van der Waals surface area contributed by atoms with E-state index in [-0.39, 0.29) is 18.0 Å². The molecule has 0 radical (unpaired) electrons. The summed E-state index contributed by atoms with van der Waals surface area (Å²) in [6, 6.07) is 2.97. The number of nitrogens with one attached hydrogen (secondary N) is 1. The van der Waals surface area contributed by atoms with Crippen LogP contribution in [0.2, 0.25) is 0 Å². The predicted octanol–water partition coefficient (Wildman–Crippen LogP) is -0.235. The number of aromatic nitrogens is 1. The quantitative estimate of drug-likeness (QED) is 0.699. The van der Waals surface area contributed by atoms with Crippen LogP contribution < -0.4 is 16.6 Å². The van der Waals surface area contributed by atoms with Crippen molar-refractivity contribution in [1.29, 1.82) is 0 Å². The topological polar surface area (TPSA) is 77.1 Å². The highest BCUT2D eigenvalue weighted by Crippen LogP contribution is 2.02. The molecule has 1 amide bonds. The molecule has 14 heavy (non-hydrogen) atoms. The van der Waals surface area contributed by atoms with Crippen molar-refractivity contribution in [3.63, 3.8) is 0 Å². The molecule has 0 saturated carbocycles. The molecular formula is C9H13N3O2. The maximum atomic E-state index is 11.2. The SMILES string of the molecule is CCn1cc(NC(=O)CN)ccc1=O. The lowest BCUT2D eigenvalue weighted by Crippen LogP contribution is -2.24. The standard InChI is InChI=1S/C9H13N3O2/c1-2-12-6-7(3-4-9(12)14)11-8(13)5-10/h3-4,6H,2,5,10H2,1H3,(H,11,13). The van der Waals surface area contributed by atoms with E-state index in [9.17, 15) is 9.59 Å². The van der Waals surface area contributed by atoms with Crippen molar-refractivity contribution in [1.82, 2.24) is 4.57 Å². The second kappa shape index (κ2) is 4.57. The Bertz CT molecular complexity index is 384. The van der Waals surface area contributed by atoms with Gasteiger partial charge in [-0.3, -0.25) is 9.59 Å². The predicted molar refractivity (Wildman–Crippen MR) is 54.1 cm³/mol. The highest BCUT2D eigenvalue weighted by molar-refractivity contribution is 5.91. The summed E-state index contributed by atoms with van der Waals surface area (Å²) in [4.78, 5) is 22.1. The Morgan fingerprint density at radius 1 is 1.57 bits per heavy atom. The molecule has 0 aliphatic carbocycles. The van der Waals surface area contributed by atoms with E-state index < -0.39 is 0 Å². The molecule has 1 aromatic rings. The lowest BCUT2D eigenvalue weighted by Gasteiger charge is -2.06. The highest BCUT2D eigenvalue weighted by atomic mass is 16.2. The summed E-state index contributed by atoms with van der Waals surface area (Å²) in [5, 5.41) is 2.57. The third-order valence-electron chi connectivity index (χ3n) is 1.79. The molecule has 0 unspecified atom stereocenters. The van der Waals surface area contributed by atoms with Gasteiger partial charge in [0.2, 0.25) is 5.91 Å². The molecule has 5 heteroatoms. The Morgan fingerprint density at radius 2 is 2.29 bits per heavy atom. The Hall–Kier alpha value is -1.62. The number of amides is 1. The summed E-state index contributed by atoms with van der Waals surface area (Å²) in [6.07, 6.45) is 1.59. The van der Waals surface area contributed by atoms with E-state index in [4.69, 9.17) is 5.73 Å². The summed E-state index contributed by atoms with van der Waals surface area (Å²) < 4.78 is 1.51. The number of aryl methyl sites for hydroxylation is 1. The number of nitrogens with two attached hydrogens (primary N) is 1. The van der Waals surface area contributed by atoms with Crippen LogP contribution in [0.15, 0.2) is 23.1 Å². The van der Waals surface area contributed by atoms with Crippen molar-refractivity contribution in [3.8, 4) is 0 Å². The van der Waals surface area contributed by atoms with Gasteiger partial charge in [-0.25, -0.2) is 0 Å². The number of rotatable bonds is 3. The summed E-state index contributed by atoms with van der Waals surface area (Å²) in [5.74, 6) is -0.272. The number of carbonyl (C=O) groups excluding carboxylic acids is 1. The third kappa shape index (κ3) is 2.43. The highest BCUT2D eigenvalue weighted by Gasteiger charge is 2.00. The second-order valence-electron chi connectivity index (χ2n) is 2.79. The van der Waals surface area contributed by atoms with Crippen LogP contribution in [0, 0.1) is 0 Å². The molecule has 0 bridgehead atoms. The van der Waals surface area contributed by atoms with Crippen LogP contribution in [-0.4, -0.2) is 17.0 Å². The first-order valence-electron chi connectivity index (χ1n) is 4.37. The number of hydrogen-bond donors (Lipinski definition) is 2. The van der Waals surface area contributed by atoms with Crippen LogP contribution in [0.25, 0.3) is 0 Å². The molecule has 0 aromatic carbocycles. The maximum Gasteiger partial charge on any atom is 0.250 e. The summed E-state index contributed by atoms with van der Waals surface area (Å²) in [6.45, 7) is 2.37.